The highest BCUT2D eigenvalue weighted by atomic mass is 32.1. The van der Waals surface area contributed by atoms with Crippen molar-refractivity contribution >= 4 is 17.2 Å². The highest BCUT2D eigenvalue weighted by molar-refractivity contribution is 7.14. The third-order valence-electron chi connectivity index (χ3n) is 3.47. The van der Waals surface area contributed by atoms with E-state index in [2.05, 4.69) is 11.7 Å². The Labute approximate surface area is 138 Å². The summed E-state index contributed by atoms with van der Waals surface area (Å²) in [6.07, 6.45) is 0.916. The zero-order valence-corrected chi connectivity index (χ0v) is 14.1. The Hall–Kier alpha value is -1.95. The number of carbonyl (C=O) groups is 1. The number of alkyl halides is 2. The van der Waals surface area contributed by atoms with E-state index in [1.807, 2.05) is 13.0 Å². The highest BCUT2D eigenvalue weighted by Gasteiger charge is 2.16. The SMILES string of the molecule is CCc1sc(C(=O)N(C)Cc2ccc(OC(F)F)cc2)cc1C. The summed E-state index contributed by atoms with van der Waals surface area (Å²) in [7, 11) is 1.73. The third-order valence-corrected chi connectivity index (χ3v) is 4.84. The minimum absolute atomic E-state index is 0.0364. The smallest absolute Gasteiger partial charge is 0.387 e. The predicted molar refractivity (Wildman–Crippen MR) is 87.3 cm³/mol. The Balaban J connectivity index is 2.02. The van der Waals surface area contributed by atoms with Crippen LogP contribution in [-0.4, -0.2) is 24.5 Å². The van der Waals surface area contributed by atoms with Crippen molar-refractivity contribution in [2.45, 2.75) is 33.4 Å². The van der Waals surface area contributed by atoms with Crippen LogP contribution in [-0.2, 0) is 13.0 Å². The molecule has 0 saturated carbocycles. The molecule has 0 N–H and O–H groups in total. The lowest BCUT2D eigenvalue weighted by molar-refractivity contribution is -0.0498. The lowest BCUT2D eigenvalue weighted by Crippen LogP contribution is -2.25. The zero-order valence-electron chi connectivity index (χ0n) is 13.3. The summed E-state index contributed by atoms with van der Waals surface area (Å²) in [5.41, 5.74) is 1.99. The van der Waals surface area contributed by atoms with Crippen molar-refractivity contribution in [2.75, 3.05) is 7.05 Å². The van der Waals surface area contributed by atoms with Gasteiger partial charge in [0, 0.05) is 18.5 Å². The van der Waals surface area contributed by atoms with Gasteiger partial charge < -0.3 is 9.64 Å². The van der Waals surface area contributed by atoms with Gasteiger partial charge in [0.25, 0.3) is 5.91 Å². The molecule has 2 rings (SSSR count). The first kappa shape index (κ1) is 17.4. The van der Waals surface area contributed by atoms with E-state index in [-0.39, 0.29) is 11.7 Å². The Bertz CT molecular complexity index is 668. The fourth-order valence-corrected chi connectivity index (χ4v) is 3.39. The molecule has 0 aliphatic rings. The number of benzene rings is 1. The van der Waals surface area contributed by atoms with Gasteiger partial charge in [-0.3, -0.25) is 4.79 Å². The summed E-state index contributed by atoms with van der Waals surface area (Å²) >= 11 is 1.52. The summed E-state index contributed by atoms with van der Waals surface area (Å²) < 4.78 is 28.5. The van der Waals surface area contributed by atoms with E-state index >= 15 is 0 Å². The number of aryl methyl sites for hydroxylation is 2. The minimum atomic E-state index is -2.83. The van der Waals surface area contributed by atoms with Crippen LogP contribution < -0.4 is 4.74 Å². The van der Waals surface area contributed by atoms with Gasteiger partial charge in [0.2, 0.25) is 0 Å². The molecule has 0 atom stereocenters. The first-order chi connectivity index (χ1) is 10.9. The fourth-order valence-electron chi connectivity index (χ4n) is 2.29. The van der Waals surface area contributed by atoms with Crippen molar-refractivity contribution in [1.29, 1.82) is 0 Å². The predicted octanol–water partition coefficient (Wildman–Crippen LogP) is 4.49. The van der Waals surface area contributed by atoms with Crippen LogP contribution in [0, 0.1) is 6.92 Å². The van der Waals surface area contributed by atoms with E-state index in [1.165, 1.54) is 28.3 Å². The van der Waals surface area contributed by atoms with Crippen molar-refractivity contribution in [3.05, 3.63) is 51.2 Å². The number of rotatable bonds is 6. The molecule has 1 aromatic carbocycles. The zero-order chi connectivity index (χ0) is 17.0. The molecule has 3 nitrogen and oxygen atoms in total. The first-order valence-corrected chi connectivity index (χ1v) is 8.11. The Morgan fingerprint density at radius 1 is 1.30 bits per heavy atom. The average molecular weight is 339 g/mol. The van der Waals surface area contributed by atoms with Crippen LogP contribution in [0.3, 0.4) is 0 Å². The molecule has 0 bridgehead atoms. The second-order valence-electron chi connectivity index (χ2n) is 5.25. The Morgan fingerprint density at radius 2 is 1.96 bits per heavy atom. The van der Waals surface area contributed by atoms with Crippen molar-refractivity contribution in [3.63, 3.8) is 0 Å². The lowest BCUT2D eigenvalue weighted by Gasteiger charge is -2.16. The van der Waals surface area contributed by atoms with Crippen LogP contribution in [0.2, 0.25) is 0 Å². The number of thiophene rings is 1. The number of halogens is 2. The monoisotopic (exact) mass is 339 g/mol. The maximum atomic E-state index is 12.5. The Kier molecular flexibility index (Phi) is 5.71. The minimum Gasteiger partial charge on any atom is -0.435 e. The molecule has 124 valence electrons. The number of hydrogen-bond acceptors (Lipinski definition) is 3. The van der Waals surface area contributed by atoms with Gasteiger partial charge in [-0.1, -0.05) is 19.1 Å². The number of carbonyl (C=O) groups excluding carboxylic acids is 1. The molecule has 1 heterocycles. The molecule has 0 saturated heterocycles. The van der Waals surface area contributed by atoms with Crippen molar-refractivity contribution in [3.8, 4) is 5.75 Å². The van der Waals surface area contributed by atoms with Crippen LogP contribution in [0.4, 0.5) is 8.78 Å². The molecule has 0 radical (unpaired) electrons. The summed E-state index contributed by atoms with van der Waals surface area (Å²) in [4.78, 5) is 16.0. The highest BCUT2D eigenvalue weighted by Crippen LogP contribution is 2.24. The van der Waals surface area contributed by atoms with E-state index in [4.69, 9.17) is 0 Å². The normalized spacial score (nSPS) is 10.9. The van der Waals surface area contributed by atoms with Crippen LogP contribution >= 0.6 is 11.3 Å². The van der Waals surface area contributed by atoms with Crippen LogP contribution in [0.25, 0.3) is 0 Å². The van der Waals surface area contributed by atoms with Gasteiger partial charge >= 0.3 is 6.61 Å². The summed E-state index contributed by atoms with van der Waals surface area (Å²) in [6.45, 7) is 1.65. The standard InChI is InChI=1S/C17H19F2NO2S/c1-4-14-11(2)9-15(23-14)16(21)20(3)10-12-5-7-13(8-6-12)22-17(18)19/h5-9,17H,4,10H2,1-3H3. The molecule has 1 amide bonds. The van der Waals surface area contributed by atoms with Crippen molar-refractivity contribution < 1.29 is 18.3 Å². The van der Waals surface area contributed by atoms with Crippen LogP contribution in [0.1, 0.15) is 32.6 Å². The summed E-state index contributed by atoms with van der Waals surface area (Å²) in [6, 6.07) is 8.23. The molecule has 0 aliphatic heterocycles. The molecular formula is C17H19F2NO2S. The number of ether oxygens (including phenoxy) is 1. The molecule has 0 spiro atoms. The molecule has 0 aliphatic carbocycles. The van der Waals surface area contributed by atoms with Gasteiger partial charge in [-0.05, 0) is 42.7 Å². The second kappa shape index (κ2) is 7.55. The number of amides is 1. The molecule has 0 fully saturated rings. The van der Waals surface area contributed by atoms with E-state index in [1.54, 1.807) is 24.1 Å². The number of nitrogens with zero attached hydrogens (tertiary/aromatic N) is 1. The van der Waals surface area contributed by atoms with Gasteiger partial charge in [-0.15, -0.1) is 11.3 Å². The van der Waals surface area contributed by atoms with Gasteiger partial charge in [-0.25, -0.2) is 0 Å². The molecule has 1 aromatic heterocycles. The first-order valence-electron chi connectivity index (χ1n) is 7.29. The molecule has 6 heteroatoms. The van der Waals surface area contributed by atoms with Crippen LogP contribution in [0.15, 0.2) is 30.3 Å². The number of hydrogen-bond donors (Lipinski definition) is 0. The second-order valence-corrected chi connectivity index (χ2v) is 6.39. The Morgan fingerprint density at radius 3 is 2.48 bits per heavy atom. The van der Waals surface area contributed by atoms with Gasteiger partial charge in [0.1, 0.15) is 5.75 Å². The molecular weight excluding hydrogens is 320 g/mol. The largest absolute Gasteiger partial charge is 0.435 e. The van der Waals surface area contributed by atoms with Crippen molar-refractivity contribution in [2.24, 2.45) is 0 Å². The summed E-state index contributed by atoms with van der Waals surface area (Å²) in [5, 5.41) is 0. The molecule has 2 aromatic rings. The van der Waals surface area contributed by atoms with Crippen LogP contribution in [0.5, 0.6) is 5.75 Å². The summed E-state index contributed by atoms with van der Waals surface area (Å²) in [5.74, 6) is 0.0740. The van der Waals surface area contributed by atoms with E-state index in [0.29, 0.717) is 6.54 Å². The fraction of sp³-hybridized carbons (Fsp3) is 0.353. The quantitative estimate of drug-likeness (QED) is 0.776. The van der Waals surface area contributed by atoms with E-state index < -0.39 is 6.61 Å². The van der Waals surface area contributed by atoms with Crippen molar-refractivity contribution in [1.82, 2.24) is 4.90 Å². The third kappa shape index (κ3) is 4.51. The lowest BCUT2D eigenvalue weighted by atomic mass is 10.2. The van der Waals surface area contributed by atoms with E-state index in [0.717, 1.165) is 22.4 Å². The van der Waals surface area contributed by atoms with Gasteiger partial charge in [0.15, 0.2) is 0 Å². The van der Waals surface area contributed by atoms with E-state index in [9.17, 15) is 13.6 Å². The maximum absolute atomic E-state index is 12.5. The molecule has 0 unspecified atom stereocenters. The average Bonchev–Trinajstić information content (AvgIpc) is 2.89. The molecule has 23 heavy (non-hydrogen) atoms. The maximum Gasteiger partial charge on any atom is 0.387 e. The van der Waals surface area contributed by atoms with Gasteiger partial charge in [0.05, 0.1) is 4.88 Å². The van der Waals surface area contributed by atoms with Gasteiger partial charge in [-0.2, -0.15) is 8.78 Å². The topological polar surface area (TPSA) is 29.5 Å².